The highest BCUT2D eigenvalue weighted by Gasteiger charge is 2.19. The van der Waals surface area contributed by atoms with E-state index >= 15 is 0 Å². The molecule has 1 N–H and O–H groups in total. The molecule has 2 aromatic heterocycles. The lowest BCUT2D eigenvalue weighted by Crippen LogP contribution is -2.27. The molecule has 1 amide bonds. The zero-order chi connectivity index (χ0) is 25.5. The molecule has 0 bridgehead atoms. The van der Waals surface area contributed by atoms with E-state index in [1.54, 1.807) is 31.3 Å². The van der Waals surface area contributed by atoms with Crippen LogP contribution in [-0.4, -0.2) is 34.5 Å². The second kappa shape index (κ2) is 11.8. The maximum absolute atomic E-state index is 13.4. The van der Waals surface area contributed by atoms with Crippen LogP contribution in [0.1, 0.15) is 31.4 Å². The first-order valence-electron chi connectivity index (χ1n) is 10.9. The van der Waals surface area contributed by atoms with E-state index in [0.29, 0.717) is 30.2 Å². The first-order chi connectivity index (χ1) is 16.7. The van der Waals surface area contributed by atoms with Gasteiger partial charge in [0.2, 0.25) is 5.88 Å². The van der Waals surface area contributed by atoms with Crippen molar-refractivity contribution in [3.63, 3.8) is 0 Å². The van der Waals surface area contributed by atoms with Gasteiger partial charge in [0, 0.05) is 24.4 Å². The summed E-state index contributed by atoms with van der Waals surface area (Å²) in [6.45, 7) is 6.42. The van der Waals surface area contributed by atoms with Crippen molar-refractivity contribution >= 4 is 40.8 Å². The maximum Gasteiger partial charge on any atom is 0.269 e. The summed E-state index contributed by atoms with van der Waals surface area (Å²) < 4.78 is 12.7. The third-order valence-electron chi connectivity index (χ3n) is 4.86. The SMILES string of the molecule is Cc1cccn2c(=O)c(/C=C(\C#N)C(=O)NCCCOC(C)C)c(Oc3ccc(Cl)cc3Cl)nc12. The highest BCUT2D eigenvalue weighted by Crippen LogP contribution is 2.32. The molecule has 182 valence electrons. The number of carbonyl (C=O) groups excluding carboxylic acids is 1. The maximum atomic E-state index is 13.4. The van der Waals surface area contributed by atoms with Gasteiger partial charge < -0.3 is 14.8 Å². The molecule has 1 aromatic carbocycles. The quantitative estimate of drug-likeness (QED) is 0.246. The lowest BCUT2D eigenvalue weighted by molar-refractivity contribution is -0.117. The Morgan fingerprint density at radius 3 is 2.77 bits per heavy atom. The summed E-state index contributed by atoms with van der Waals surface area (Å²) in [4.78, 5) is 30.5. The minimum absolute atomic E-state index is 0.0750. The fraction of sp³-hybridized carbons (Fsp3) is 0.280. The number of amides is 1. The lowest BCUT2D eigenvalue weighted by atomic mass is 10.1. The van der Waals surface area contributed by atoms with E-state index in [1.165, 1.54) is 22.6 Å². The molecule has 0 radical (unpaired) electrons. The number of nitrogens with one attached hydrogen (secondary N) is 1. The van der Waals surface area contributed by atoms with Crippen molar-refractivity contribution in [1.29, 1.82) is 5.26 Å². The molecule has 3 aromatic rings. The van der Waals surface area contributed by atoms with Gasteiger partial charge in [0.1, 0.15) is 28.6 Å². The highest BCUT2D eigenvalue weighted by molar-refractivity contribution is 6.35. The van der Waals surface area contributed by atoms with Gasteiger partial charge in [-0.05, 0) is 63.1 Å². The van der Waals surface area contributed by atoms with Gasteiger partial charge >= 0.3 is 0 Å². The van der Waals surface area contributed by atoms with E-state index < -0.39 is 11.5 Å². The number of benzene rings is 1. The standard InChI is InChI=1S/C25H24Cl2N4O4/c1-15(2)34-11-5-9-29-23(32)17(14-28)12-19-24(35-21-8-7-18(26)13-20(21)27)30-22-16(3)6-4-10-31(22)25(19)33/h4,6-8,10,12-13,15H,5,9,11H2,1-3H3,(H,29,32)/b17-12+. The predicted octanol–water partition coefficient (Wildman–Crippen LogP) is 4.94. The molecule has 0 aliphatic rings. The number of nitriles is 1. The number of aromatic nitrogens is 2. The number of carbonyl (C=O) groups is 1. The Bertz CT molecular complexity index is 1380. The summed E-state index contributed by atoms with van der Waals surface area (Å²) in [5.41, 5.74) is 0.240. The zero-order valence-corrected chi connectivity index (χ0v) is 21.0. The number of nitrogens with zero attached hydrogens (tertiary/aromatic N) is 3. The number of halogens is 2. The third-order valence-corrected chi connectivity index (χ3v) is 5.39. The van der Waals surface area contributed by atoms with Crippen molar-refractivity contribution in [3.05, 3.63) is 73.6 Å². The normalized spacial score (nSPS) is 11.5. The Kier molecular flexibility index (Phi) is 8.88. The van der Waals surface area contributed by atoms with Crippen LogP contribution in [0.3, 0.4) is 0 Å². The van der Waals surface area contributed by atoms with Crippen LogP contribution in [0.4, 0.5) is 0 Å². The average molecular weight is 515 g/mol. The third kappa shape index (κ3) is 6.61. The van der Waals surface area contributed by atoms with E-state index in [0.717, 1.165) is 5.56 Å². The van der Waals surface area contributed by atoms with Gasteiger partial charge in [0.15, 0.2) is 0 Å². The minimum Gasteiger partial charge on any atom is -0.437 e. The Morgan fingerprint density at radius 1 is 1.31 bits per heavy atom. The number of pyridine rings is 1. The van der Waals surface area contributed by atoms with Crippen LogP contribution >= 0.6 is 23.2 Å². The van der Waals surface area contributed by atoms with Gasteiger partial charge in [0.25, 0.3) is 11.5 Å². The van der Waals surface area contributed by atoms with Gasteiger partial charge in [0.05, 0.1) is 11.1 Å². The molecule has 0 spiro atoms. The molecule has 10 heteroatoms. The molecule has 35 heavy (non-hydrogen) atoms. The number of rotatable bonds is 9. The van der Waals surface area contributed by atoms with E-state index in [2.05, 4.69) is 10.3 Å². The van der Waals surface area contributed by atoms with Crippen molar-refractivity contribution < 1.29 is 14.3 Å². The molecule has 8 nitrogen and oxygen atoms in total. The summed E-state index contributed by atoms with van der Waals surface area (Å²) in [5.74, 6) is -0.510. The molecule has 0 saturated heterocycles. The fourth-order valence-electron chi connectivity index (χ4n) is 3.14. The van der Waals surface area contributed by atoms with Crippen LogP contribution in [0.25, 0.3) is 11.7 Å². The van der Waals surface area contributed by atoms with E-state index in [4.69, 9.17) is 32.7 Å². The second-order valence-corrected chi connectivity index (χ2v) is 8.74. The molecular weight excluding hydrogens is 491 g/mol. The number of hydrogen-bond acceptors (Lipinski definition) is 6. The largest absolute Gasteiger partial charge is 0.437 e. The highest BCUT2D eigenvalue weighted by atomic mass is 35.5. The van der Waals surface area contributed by atoms with Gasteiger partial charge in [-0.2, -0.15) is 10.2 Å². The molecule has 0 atom stereocenters. The first-order valence-corrected chi connectivity index (χ1v) is 11.6. The van der Waals surface area contributed by atoms with Crippen molar-refractivity contribution in [3.8, 4) is 17.7 Å². The van der Waals surface area contributed by atoms with Crippen molar-refractivity contribution in [1.82, 2.24) is 14.7 Å². The van der Waals surface area contributed by atoms with E-state index in [9.17, 15) is 14.9 Å². The molecule has 0 fully saturated rings. The monoisotopic (exact) mass is 514 g/mol. The molecular formula is C25H24Cl2N4O4. The zero-order valence-electron chi connectivity index (χ0n) is 19.5. The van der Waals surface area contributed by atoms with Gasteiger partial charge in [-0.25, -0.2) is 0 Å². The van der Waals surface area contributed by atoms with Gasteiger partial charge in [-0.15, -0.1) is 0 Å². The predicted molar refractivity (Wildman–Crippen MR) is 135 cm³/mol. The Balaban J connectivity index is 2.01. The number of aryl methyl sites for hydroxylation is 1. The summed E-state index contributed by atoms with van der Waals surface area (Å²) >= 11 is 12.2. The Morgan fingerprint density at radius 2 is 2.09 bits per heavy atom. The van der Waals surface area contributed by atoms with Crippen LogP contribution < -0.4 is 15.6 Å². The molecule has 0 aliphatic heterocycles. The molecule has 3 rings (SSSR count). The summed E-state index contributed by atoms with van der Waals surface area (Å²) in [7, 11) is 0. The molecule has 0 unspecified atom stereocenters. The van der Waals surface area contributed by atoms with Crippen LogP contribution in [0.15, 0.2) is 46.9 Å². The minimum atomic E-state index is -0.624. The van der Waals surface area contributed by atoms with E-state index in [-0.39, 0.29) is 33.9 Å². The summed E-state index contributed by atoms with van der Waals surface area (Å²) in [6, 6.07) is 9.96. The number of ether oxygens (including phenoxy) is 2. The van der Waals surface area contributed by atoms with Gasteiger partial charge in [-0.1, -0.05) is 29.3 Å². The molecule has 2 heterocycles. The average Bonchev–Trinajstić information content (AvgIpc) is 2.81. The van der Waals surface area contributed by atoms with Crippen molar-refractivity contribution in [2.45, 2.75) is 33.3 Å². The summed E-state index contributed by atoms with van der Waals surface area (Å²) in [6.07, 6.45) is 3.38. The molecule has 0 saturated carbocycles. The second-order valence-electron chi connectivity index (χ2n) is 7.90. The van der Waals surface area contributed by atoms with Crippen molar-refractivity contribution in [2.75, 3.05) is 13.2 Å². The lowest BCUT2D eigenvalue weighted by Gasteiger charge is -2.12. The number of hydrogen-bond donors (Lipinski definition) is 1. The Labute approximate surface area is 212 Å². The van der Waals surface area contributed by atoms with Crippen LogP contribution in [0.2, 0.25) is 10.0 Å². The number of fused-ring (bicyclic) bond motifs is 1. The topological polar surface area (TPSA) is 106 Å². The smallest absolute Gasteiger partial charge is 0.269 e. The Hall–Kier alpha value is -3.38. The molecule has 0 aliphatic carbocycles. The van der Waals surface area contributed by atoms with E-state index in [1.807, 2.05) is 19.9 Å². The van der Waals surface area contributed by atoms with Crippen LogP contribution in [0, 0.1) is 18.3 Å². The van der Waals surface area contributed by atoms with Crippen LogP contribution in [0.5, 0.6) is 11.6 Å². The summed E-state index contributed by atoms with van der Waals surface area (Å²) in [5, 5.41) is 12.9. The fourth-order valence-corrected chi connectivity index (χ4v) is 3.58. The van der Waals surface area contributed by atoms with Crippen molar-refractivity contribution in [2.24, 2.45) is 0 Å². The van der Waals surface area contributed by atoms with Crippen LogP contribution in [-0.2, 0) is 9.53 Å². The first kappa shape index (κ1) is 26.2. The van der Waals surface area contributed by atoms with Gasteiger partial charge in [-0.3, -0.25) is 14.0 Å².